The number of nitrogens with zero attached hydrogens (tertiary/aromatic N) is 2. The summed E-state index contributed by atoms with van der Waals surface area (Å²) in [5.74, 6) is -0.596. The second-order valence-electron chi connectivity index (χ2n) is 4.53. The van der Waals surface area contributed by atoms with Crippen LogP contribution in [0.25, 0.3) is 0 Å². The number of hydrogen-bond acceptors (Lipinski definition) is 5. The highest BCUT2D eigenvalue weighted by atomic mass is 32.1. The van der Waals surface area contributed by atoms with E-state index < -0.39 is 12.0 Å². The Kier molecular flexibility index (Phi) is 4.57. The Hall–Kier alpha value is -2.08. The topological polar surface area (TPSA) is 73.1 Å². The van der Waals surface area contributed by atoms with Gasteiger partial charge in [-0.2, -0.15) is 11.3 Å². The van der Waals surface area contributed by atoms with Gasteiger partial charge >= 0.3 is 0 Å². The number of hydrogen-bond donors (Lipinski definition) is 0. The third kappa shape index (κ3) is 3.27. The van der Waals surface area contributed by atoms with E-state index in [1.165, 1.54) is 18.3 Å². The summed E-state index contributed by atoms with van der Waals surface area (Å²) in [5.41, 5.74) is 1.19. The van der Waals surface area contributed by atoms with Gasteiger partial charge in [0.2, 0.25) is 6.04 Å². The van der Waals surface area contributed by atoms with Crippen LogP contribution in [0.1, 0.15) is 35.3 Å². The van der Waals surface area contributed by atoms with E-state index in [-0.39, 0.29) is 17.1 Å². The summed E-state index contributed by atoms with van der Waals surface area (Å²) in [5, 5.41) is 14.8. The van der Waals surface area contributed by atoms with Crippen molar-refractivity contribution in [3.05, 3.63) is 62.6 Å². The van der Waals surface area contributed by atoms with Crippen molar-refractivity contribution in [3.8, 4) is 0 Å². The smallest absolute Gasteiger partial charge is 0.217 e. The minimum absolute atomic E-state index is 0.0931. The normalized spacial score (nSPS) is 13.7. The summed E-state index contributed by atoms with van der Waals surface area (Å²) in [6, 6.07) is 6.12. The predicted octanol–water partition coefficient (Wildman–Crippen LogP) is 3.16. The van der Waals surface area contributed by atoms with Crippen LogP contribution in [0, 0.1) is 10.1 Å². The third-order valence-electron chi connectivity index (χ3n) is 3.24. The number of carbonyl (C=O) groups excluding carboxylic acids is 1. The molecule has 0 saturated heterocycles. The number of nitro groups is 1. The molecule has 0 radical (unpaired) electrons. The fourth-order valence-corrected chi connectivity index (χ4v) is 2.76. The van der Waals surface area contributed by atoms with Gasteiger partial charge in [-0.15, -0.1) is 0 Å². The first-order chi connectivity index (χ1) is 9.59. The maximum absolute atomic E-state index is 12.2. The molecule has 0 bridgehead atoms. The minimum atomic E-state index is -0.808. The fraction of sp³-hybridized carbons (Fsp3) is 0.286. The Morgan fingerprint density at radius 3 is 2.80 bits per heavy atom. The van der Waals surface area contributed by atoms with E-state index in [0.29, 0.717) is 5.69 Å². The second-order valence-corrected chi connectivity index (χ2v) is 5.31. The van der Waals surface area contributed by atoms with E-state index in [1.54, 1.807) is 24.4 Å². The van der Waals surface area contributed by atoms with Gasteiger partial charge in [0, 0.05) is 24.5 Å². The predicted molar refractivity (Wildman–Crippen MR) is 76.7 cm³/mol. The standard InChI is InChI=1S/C14H14N2O3S/c1-10(16(18)19)12(11-5-7-20-9-11)8-14(17)13-4-2-3-6-15-13/h2-7,9-10,12H,8H2,1H3/t10-,12+/m0/s1. The molecule has 2 heterocycles. The first-order valence-electron chi connectivity index (χ1n) is 6.19. The molecule has 2 aromatic heterocycles. The van der Waals surface area contributed by atoms with Gasteiger partial charge in [0.15, 0.2) is 5.78 Å². The number of thiophene rings is 1. The van der Waals surface area contributed by atoms with Crippen LogP contribution in [0.4, 0.5) is 0 Å². The van der Waals surface area contributed by atoms with E-state index in [9.17, 15) is 14.9 Å². The molecule has 2 rings (SSSR count). The van der Waals surface area contributed by atoms with Gasteiger partial charge in [0.25, 0.3) is 0 Å². The van der Waals surface area contributed by atoms with Crippen LogP contribution in [0.5, 0.6) is 0 Å². The quantitative estimate of drug-likeness (QED) is 0.465. The number of ketones is 1. The first kappa shape index (κ1) is 14.3. The zero-order chi connectivity index (χ0) is 14.5. The molecule has 0 aliphatic rings. The average molecular weight is 290 g/mol. The number of rotatable bonds is 6. The van der Waals surface area contributed by atoms with Crippen molar-refractivity contribution < 1.29 is 9.72 Å². The lowest BCUT2D eigenvalue weighted by molar-refractivity contribution is -0.522. The summed E-state index contributed by atoms with van der Waals surface area (Å²) in [7, 11) is 0. The molecular formula is C14H14N2O3S. The van der Waals surface area contributed by atoms with Crippen LogP contribution in [0.3, 0.4) is 0 Å². The maximum atomic E-state index is 12.2. The van der Waals surface area contributed by atoms with Crippen LogP contribution < -0.4 is 0 Å². The van der Waals surface area contributed by atoms with E-state index in [1.807, 2.05) is 16.8 Å². The highest BCUT2D eigenvalue weighted by Crippen LogP contribution is 2.28. The molecular weight excluding hydrogens is 276 g/mol. The van der Waals surface area contributed by atoms with E-state index in [0.717, 1.165) is 5.56 Å². The molecule has 5 nitrogen and oxygen atoms in total. The van der Waals surface area contributed by atoms with Crippen LogP contribution in [-0.2, 0) is 0 Å². The van der Waals surface area contributed by atoms with E-state index in [2.05, 4.69) is 4.98 Å². The number of aromatic nitrogens is 1. The minimum Gasteiger partial charge on any atom is -0.292 e. The Balaban J connectivity index is 2.21. The molecule has 0 aliphatic heterocycles. The lowest BCUT2D eigenvalue weighted by Gasteiger charge is -2.16. The van der Waals surface area contributed by atoms with Gasteiger partial charge < -0.3 is 0 Å². The van der Waals surface area contributed by atoms with Crippen molar-refractivity contribution in [2.24, 2.45) is 0 Å². The molecule has 0 saturated carbocycles. The number of carbonyl (C=O) groups is 1. The average Bonchev–Trinajstić information content (AvgIpc) is 2.98. The van der Waals surface area contributed by atoms with Gasteiger partial charge in [-0.25, -0.2) is 0 Å². The molecule has 0 aliphatic carbocycles. The maximum Gasteiger partial charge on any atom is 0.217 e. The third-order valence-corrected chi connectivity index (χ3v) is 3.94. The van der Waals surface area contributed by atoms with Crippen LogP contribution in [-0.4, -0.2) is 21.7 Å². The van der Waals surface area contributed by atoms with Crippen molar-refractivity contribution in [2.45, 2.75) is 25.3 Å². The lowest BCUT2D eigenvalue weighted by Crippen LogP contribution is -2.26. The summed E-state index contributed by atoms with van der Waals surface area (Å²) in [4.78, 5) is 26.9. The molecule has 0 unspecified atom stereocenters. The van der Waals surface area contributed by atoms with E-state index in [4.69, 9.17) is 0 Å². The zero-order valence-corrected chi connectivity index (χ0v) is 11.7. The highest BCUT2D eigenvalue weighted by molar-refractivity contribution is 7.08. The summed E-state index contributed by atoms with van der Waals surface area (Å²) in [6.07, 6.45) is 1.64. The van der Waals surface area contributed by atoms with Crippen LogP contribution in [0.15, 0.2) is 41.2 Å². The van der Waals surface area contributed by atoms with Crippen molar-refractivity contribution in [1.29, 1.82) is 0 Å². The van der Waals surface area contributed by atoms with Gasteiger partial charge in [-0.3, -0.25) is 19.9 Å². The molecule has 0 N–H and O–H groups in total. The molecule has 2 aromatic rings. The highest BCUT2D eigenvalue weighted by Gasteiger charge is 2.31. The lowest BCUT2D eigenvalue weighted by atomic mass is 9.89. The Morgan fingerprint density at radius 2 is 2.25 bits per heavy atom. The molecule has 0 fully saturated rings. The molecule has 2 atom stereocenters. The molecule has 0 amide bonds. The van der Waals surface area contributed by atoms with Gasteiger partial charge in [-0.1, -0.05) is 6.07 Å². The van der Waals surface area contributed by atoms with Crippen molar-refractivity contribution in [3.63, 3.8) is 0 Å². The summed E-state index contributed by atoms with van der Waals surface area (Å²) in [6.45, 7) is 1.54. The monoisotopic (exact) mass is 290 g/mol. The van der Waals surface area contributed by atoms with Crippen LogP contribution >= 0.6 is 11.3 Å². The Morgan fingerprint density at radius 1 is 1.45 bits per heavy atom. The fourth-order valence-electron chi connectivity index (χ4n) is 2.03. The molecule has 104 valence electrons. The summed E-state index contributed by atoms with van der Waals surface area (Å²) >= 11 is 1.47. The Labute approximate surface area is 120 Å². The molecule has 0 aromatic carbocycles. The molecule has 6 heteroatoms. The second kappa shape index (κ2) is 6.38. The molecule has 0 spiro atoms. The van der Waals surface area contributed by atoms with Gasteiger partial charge in [-0.05, 0) is 34.5 Å². The molecule has 20 heavy (non-hydrogen) atoms. The first-order valence-corrected chi connectivity index (χ1v) is 7.13. The summed E-state index contributed by atoms with van der Waals surface area (Å²) < 4.78 is 0. The van der Waals surface area contributed by atoms with Gasteiger partial charge in [0.05, 0.1) is 5.92 Å². The van der Waals surface area contributed by atoms with Crippen molar-refractivity contribution in [2.75, 3.05) is 0 Å². The van der Waals surface area contributed by atoms with Crippen LogP contribution in [0.2, 0.25) is 0 Å². The van der Waals surface area contributed by atoms with Crippen molar-refractivity contribution in [1.82, 2.24) is 4.98 Å². The van der Waals surface area contributed by atoms with Crippen molar-refractivity contribution >= 4 is 17.1 Å². The number of Topliss-reactive ketones (excluding diaryl/α,β-unsaturated/α-hetero) is 1. The van der Waals surface area contributed by atoms with E-state index >= 15 is 0 Å². The Bertz CT molecular complexity index is 584. The number of pyridine rings is 1. The SMILES string of the molecule is C[C@@H]([C@@H](CC(=O)c1ccccn1)c1ccsc1)[N+](=O)[O-]. The zero-order valence-electron chi connectivity index (χ0n) is 10.9. The largest absolute Gasteiger partial charge is 0.292 e. The van der Waals surface area contributed by atoms with Gasteiger partial charge in [0.1, 0.15) is 5.69 Å².